The molecule has 0 radical (unpaired) electrons. The summed E-state index contributed by atoms with van der Waals surface area (Å²) in [6.07, 6.45) is 0. The normalized spacial score (nSPS) is 14.6. The van der Waals surface area contributed by atoms with Gasteiger partial charge in [0.15, 0.2) is 11.5 Å². The third kappa shape index (κ3) is 12.4. The SMILES string of the molecule is Cc1ccc2c(-c3ccc4c(c3)N(C)c3ccccc3N4C)c3ccccc3c(-c3cccc4c3-c3ccccc3C4(C)C)c2c1.Cc1ccc2c(-c3ccc4c(c3)N(C)c3ccccc3O4)c3ccccc3c(-c3cccc4c3-c3ccccc3C4(C)C)c2c1.Cc1ccc2c(-c3ccc4c(c3)N(C)c3ccccc3[Si]4(C)C)c3ccccc3c(-c3cccc4c3-c3ccccc3C4(C)C)c2c1. The molecule has 0 atom stereocenters. The van der Waals surface area contributed by atoms with Gasteiger partial charge in [-0.1, -0.05) is 393 Å². The fourth-order valence-electron chi connectivity index (χ4n) is 25.2. The Bertz CT molecular complexity index is 8820. The smallest absolute Gasteiger partial charge is 0.151 e. The number of anilines is 8. The van der Waals surface area contributed by atoms with Gasteiger partial charge in [0.1, 0.15) is 8.07 Å². The molecule has 3 heterocycles. The topological polar surface area (TPSA) is 22.2 Å². The van der Waals surface area contributed by atoms with Crippen molar-refractivity contribution in [1.29, 1.82) is 0 Å². The van der Waals surface area contributed by atoms with E-state index in [2.05, 4.69) is 493 Å². The van der Waals surface area contributed by atoms with Gasteiger partial charge in [-0.05, 0) is 290 Å². The third-order valence-electron chi connectivity index (χ3n) is 32.1. The molecule has 0 saturated carbocycles. The fraction of sp³-hybridized carbons (Fsp3) is 0.136. The van der Waals surface area contributed by atoms with Gasteiger partial charge in [0.25, 0.3) is 0 Å². The Labute approximate surface area is 810 Å². The summed E-state index contributed by atoms with van der Waals surface area (Å²) in [4.78, 5) is 9.31. The zero-order valence-electron chi connectivity index (χ0n) is 81.1. The summed E-state index contributed by atoms with van der Waals surface area (Å²) in [7, 11) is 6.87. The number of fused-ring (bicyclic) bond motifs is 21. The summed E-state index contributed by atoms with van der Waals surface area (Å²) < 4.78 is 6.35. The van der Waals surface area contributed by atoms with Crippen molar-refractivity contribution in [3.8, 4) is 112 Å². The minimum absolute atomic E-state index is 0.0474. The maximum absolute atomic E-state index is 6.35. The first-order valence-corrected chi connectivity index (χ1v) is 51.8. The monoisotopic (exact) mass is 1790 g/mol. The minimum atomic E-state index is -1.86. The molecule has 6 aliphatic rings. The molecule has 0 fully saturated rings. The average molecular weight is 1790 g/mol. The second-order valence-electron chi connectivity index (χ2n) is 41.3. The molecule has 3 aliphatic carbocycles. The first-order chi connectivity index (χ1) is 66.9. The molecule has 5 nitrogen and oxygen atoms in total. The number of nitrogens with zero attached hydrogens (tertiary/aromatic N) is 4. The highest BCUT2D eigenvalue weighted by Gasteiger charge is 2.43. The maximum atomic E-state index is 6.35. The number of hydrogen-bond acceptors (Lipinski definition) is 5. The Balaban J connectivity index is 0.000000110. The van der Waals surface area contributed by atoms with E-state index >= 15 is 0 Å². The predicted molar refractivity (Wildman–Crippen MR) is 592 cm³/mol. The van der Waals surface area contributed by atoms with Crippen LogP contribution in [0.4, 0.5) is 45.5 Å². The van der Waals surface area contributed by atoms with Crippen molar-refractivity contribution < 1.29 is 4.74 Å². The van der Waals surface area contributed by atoms with Gasteiger partial charge in [0, 0.05) is 55.8 Å². The molecule has 21 aromatic rings. The number of rotatable bonds is 6. The highest BCUT2D eigenvalue weighted by atomic mass is 28.3. The van der Waals surface area contributed by atoms with Gasteiger partial charge in [0.2, 0.25) is 0 Å². The lowest BCUT2D eigenvalue weighted by Gasteiger charge is -2.39. The zero-order chi connectivity index (χ0) is 94.0. The minimum Gasteiger partial charge on any atom is -0.453 e. The number of hydrogen-bond donors (Lipinski definition) is 0. The molecule has 6 heteroatoms. The van der Waals surface area contributed by atoms with Gasteiger partial charge in [-0.15, -0.1) is 0 Å². The second kappa shape index (κ2) is 31.2. The first-order valence-electron chi connectivity index (χ1n) is 48.8. The van der Waals surface area contributed by atoms with Crippen LogP contribution in [0.2, 0.25) is 13.1 Å². The van der Waals surface area contributed by atoms with Crippen molar-refractivity contribution in [3.63, 3.8) is 0 Å². The van der Waals surface area contributed by atoms with Gasteiger partial charge >= 0.3 is 0 Å². The lowest BCUT2D eigenvalue weighted by molar-refractivity contribution is 0.475. The number of para-hydroxylation sites is 5. The summed E-state index contributed by atoms with van der Waals surface area (Å²) in [5, 5.41) is 18.5. The van der Waals surface area contributed by atoms with Crippen LogP contribution < -0.4 is 34.7 Å². The van der Waals surface area contributed by atoms with E-state index < -0.39 is 8.07 Å². The predicted octanol–water partition coefficient (Wildman–Crippen LogP) is 34.5. The van der Waals surface area contributed by atoms with E-state index in [4.69, 9.17) is 4.74 Å². The summed E-state index contributed by atoms with van der Waals surface area (Å²) in [5.74, 6) is 1.76. The van der Waals surface area contributed by atoms with Crippen LogP contribution in [0.3, 0.4) is 0 Å². The first kappa shape index (κ1) is 84.2. The molecule has 0 amide bonds. The van der Waals surface area contributed by atoms with Crippen molar-refractivity contribution in [3.05, 3.63) is 432 Å². The van der Waals surface area contributed by atoms with Crippen molar-refractivity contribution in [2.75, 3.05) is 47.8 Å². The second-order valence-corrected chi connectivity index (χ2v) is 45.6. The molecule has 666 valence electrons. The molecular weight excluding hydrogens is 1690 g/mol. The van der Waals surface area contributed by atoms with Crippen LogP contribution in [0.15, 0.2) is 382 Å². The Morgan fingerprint density at radius 1 is 0.196 bits per heavy atom. The Morgan fingerprint density at radius 3 is 0.913 bits per heavy atom. The van der Waals surface area contributed by atoms with E-state index in [0.29, 0.717) is 0 Å². The molecule has 21 aromatic carbocycles. The van der Waals surface area contributed by atoms with Crippen LogP contribution in [0.1, 0.15) is 91.6 Å². The van der Waals surface area contributed by atoms with E-state index in [0.717, 1.165) is 22.9 Å². The summed E-state index contributed by atoms with van der Waals surface area (Å²) in [6.45, 7) is 25.9. The Kier molecular flexibility index (Phi) is 19.0. The van der Waals surface area contributed by atoms with Crippen LogP contribution in [0.5, 0.6) is 11.5 Å². The largest absolute Gasteiger partial charge is 0.453 e. The lowest BCUT2D eigenvalue weighted by Crippen LogP contribution is -2.58. The fourth-order valence-corrected chi connectivity index (χ4v) is 28.3. The number of ether oxygens (including phenoxy) is 1. The van der Waals surface area contributed by atoms with Gasteiger partial charge in [-0.2, -0.15) is 0 Å². The number of aryl methyl sites for hydroxylation is 3. The van der Waals surface area contributed by atoms with Crippen LogP contribution in [0, 0.1) is 20.8 Å². The average Bonchev–Trinajstić information content (AvgIpc) is 1.49. The van der Waals surface area contributed by atoms with Gasteiger partial charge in [0.05, 0.1) is 34.1 Å². The highest BCUT2D eigenvalue weighted by Crippen LogP contribution is 2.61. The lowest BCUT2D eigenvalue weighted by atomic mass is 9.80. The Hall–Kier alpha value is -15.6. The maximum Gasteiger partial charge on any atom is 0.151 e. The summed E-state index contributed by atoms with van der Waals surface area (Å²) in [5.41, 5.74) is 45.5. The van der Waals surface area contributed by atoms with E-state index in [1.807, 2.05) is 12.1 Å². The molecule has 138 heavy (non-hydrogen) atoms. The van der Waals surface area contributed by atoms with Gasteiger partial charge in [-0.3, -0.25) is 0 Å². The quantitative estimate of drug-likeness (QED) is 0.122. The van der Waals surface area contributed by atoms with Crippen LogP contribution >= 0.6 is 0 Å². The van der Waals surface area contributed by atoms with Gasteiger partial charge in [-0.25, -0.2) is 0 Å². The third-order valence-corrected chi connectivity index (χ3v) is 35.6. The van der Waals surface area contributed by atoms with E-state index in [9.17, 15) is 0 Å². The summed E-state index contributed by atoms with van der Waals surface area (Å²) >= 11 is 0. The molecule has 0 spiro atoms. The van der Waals surface area contributed by atoms with Crippen molar-refractivity contribution >= 4 is 129 Å². The molecule has 0 unspecified atom stereocenters. The zero-order valence-corrected chi connectivity index (χ0v) is 82.1. The van der Waals surface area contributed by atoms with Crippen molar-refractivity contribution in [2.24, 2.45) is 0 Å². The summed E-state index contributed by atoms with van der Waals surface area (Å²) in [6, 6.07) is 143. The molecule has 0 bridgehead atoms. The van der Waals surface area contributed by atoms with Crippen LogP contribution in [0.25, 0.3) is 165 Å². The van der Waals surface area contributed by atoms with Gasteiger partial charge < -0.3 is 24.3 Å². The molecule has 3 aliphatic heterocycles. The van der Waals surface area contributed by atoms with E-state index in [1.165, 1.54) is 259 Å². The highest BCUT2D eigenvalue weighted by molar-refractivity contribution is 7.02. The molecule has 0 N–H and O–H groups in total. The van der Waals surface area contributed by atoms with E-state index in [-0.39, 0.29) is 16.2 Å². The molecule has 0 saturated heterocycles. The molecule has 27 rings (SSSR count). The van der Waals surface area contributed by atoms with Crippen molar-refractivity contribution in [1.82, 2.24) is 0 Å². The molecular formula is C132H108N4OSi. The van der Waals surface area contributed by atoms with E-state index in [1.54, 1.807) is 0 Å². The molecule has 0 aromatic heterocycles. The van der Waals surface area contributed by atoms with Crippen LogP contribution in [-0.4, -0.2) is 36.3 Å². The van der Waals surface area contributed by atoms with Crippen molar-refractivity contribution in [2.45, 2.75) is 91.7 Å². The van der Waals surface area contributed by atoms with Crippen LogP contribution in [-0.2, 0) is 16.2 Å². The number of benzene rings is 21. The standard InChI is InChI=1S/C45H39NSi.C44H36N2.C43H33NO/c1-28-22-24-32-35(26-28)43(34-17-13-19-37-44(34)33-16-9-10-18-36(33)45(37,2)3)31-15-8-7-14-30(31)42(32)29-23-25-41-39(27-29)46(4)38-20-11-12-21-40(38)47(41,5)6;1-27-21-23-31-34(25-27)42(33-16-12-18-36-43(33)32-15-8-9-17-35(32)44(36,2)3)30-14-7-6-13-29(30)41(31)28-22-24-39-40(26-28)46(5)38-20-11-10-19-37(38)45(39)4;1-26-20-22-30-33(24-26)41(32-15-11-17-35-42(32)31-14-7-8-16-34(31)43(35,2)3)29-13-6-5-12-28(29)40(30)27-21-23-39-37(25-27)44(4)36-18-9-10-19-38(36)45-39/h7-27H,1-6H3;6-26H,1-5H3;5-25H,1-4H3. The Morgan fingerprint density at radius 2 is 0.478 bits per heavy atom.